The quantitative estimate of drug-likeness (QED) is 0.767. The van der Waals surface area contributed by atoms with Crippen molar-refractivity contribution in [2.45, 2.75) is 31.8 Å². The van der Waals surface area contributed by atoms with Crippen LogP contribution < -0.4 is 5.32 Å². The standard InChI is InChI=1S/C13H22N2O2/c1-17-10-2-7-15(9-10)12(16)11-8-13(11)3-5-14-6-4-13/h10-11,14H,2-9H2,1H3/t10-,11?/m0/s1. The van der Waals surface area contributed by atoms with E-state index in [1.807, 2.05) is 4.90 Å². The fraction of sp³-hybridized carbons (Fsp3) is 0.923. The van der Waals surface area contributed by atoms with Crippen molar-refractivity contribution in [2.75, 3.05) is 33.3 Å². The van der Waals surface area contributed by atoms with Gasteiger partial charge in [0.25, 0.3) is 0 Å². The molecule has 1 saturated carbocycles. The number of hydrogen-bond acceptors (Lipinski definition) is 3. The van der Waals surface area contributed by atoms with E-state index in [1.54, 1.807) is 7.11 Å². The first-order valence-electron chi connectivity index (χ1n) is 6.77. The molecule has 96 valence electrons. The van der Waals surface area contributed by atoms with Crippen molar-refractivity contribution in [1.82, 2.24) is 10.2 Å². The highest BCUT2D eigenvalue weighted by atomic mass is 16.5. The molecule has 17 heavy (non-hydrogen) atoms. The molecule has 0 bridgehead atoms. The second-order valence-corrected chi connectivity index (χ2v) is 5.80. The molecule has 2 saturated heterocycles. The Morgan fingerprint density at radius 2 is 2.18 bits per heavy atom. The van der Waals surface area contributed by atoms with Gasteiger partial charge in [-0.05, 0) is 44.2 Å². The highest BCUT2D eigenvalue weighted by Crippen LogP contribution is 2.59. The Kier molecular flexibility index (Phi) is 2.87. The number of amides is 1. The molecule has 3 fully saturated rings. The van der Waals surface area contributed by atoms with Gasteiger partial charge < -0.3 is 15.0 Å². The largest absolute Gasteiger partial charge is 0.380 e. The number of piperidine rings is 1. The lowest BCUT2D eigenvalue weighted by molar-refractivity contribution is -0.133. The van der Waals surface area contributed by atoms with Crippen LogP contribution in [0.15, 0.2) is 0 Å². The van der Waals surface area contributed by atoms with Crippen molar-refractivity contribution in [3.63, 3.8) is 0 Å². The molecular weight excluding hydrogens is 216 g/mol. The maximum absolute atomic E-state index is 12.4. The second-order valence-electron chi connectivity index (χ2n) is 5.80. The summed E-state index contributed by atoms with van der Waals surface area (Å²) in [5.41, 5.74) is 0.369. The van der Waals surface area contributed by atoms with Gasteiger partial charge in [0.1, 0.15) is 0 Å². The molecule has 0 aromatic carbocycles. The van der Waals surface area contributed by atoms with Gasteiger partial charge in [0.05, 0.1) is 6.10 Å². The molecule has 0 radical (unpaired) electrons. The molecule has 2 atom stereocenters. The fourth-order valence-electron chi connectivity index (χ4n) is 3.52. The topological polar surface area (TPSA) is 41.6 Å². The van der Waals surface area contributed by atoms with Crippen LogP contribution in [0.5, 0.6) is 0 Å². The number of likely N-dealkylation sites (tertiary alicyclic amines) is 1. The molecule has 3 rings (SSSR count). The molecule has 0 aromatic rings. The fourth-order valence-corrected chi connectivity index (χ4v) is 3.52. The number of carbonyl (C=O) groups excluding carboxylic acids is 1. The zero-order valence-corrected chi connectivity index (χ0v) is 10.6. The molecule has 1 N–H and O–H groups in total. The van der Waals surface area contributed by atoms with Crippen LogP contribution >= 0.6 is 0 Å². The zero-order chi connectivity index (χ0) is 11.9. The summed E-state index contributed by atoms with van der Waals surface area (Å²) in [6.45, 7) is 3.87. The first-order chi connectivity index (χ1) is 8.25. The molecule has 0 aromatic heterocycles. The second kappa shape index (κ2) is 4.25. The number of nitrogens with zero attached hydrogens (tertiary/aromatic N) is 1. The lowest BCUT2D eigenvalue weighted by atomic mass is 9.91. The van der Waals surface area contributed by atoms with Crippen LogP contribution in [-0.2, 0) is 9.53 Å². The number of carbonyl (C=O) groups is 1. The van der Waals surface area contributed by atoms with Gasteiger partial charge in [0, 0.05) is 26.1 Å². The van der Waals surface area contributed by atoms with Gasteiger partial charge in [0.2, 0.25) is 5.91 Å². The maximum Gasteiger partial charge on any atom is 0.226 e. The molecule has 2 aliphatic heterocycles. The van der Waals surface area contributed by atoms with Gasteiger partial charge in [-0.15, -0.1) is 0 Å². The van der Waals surface area contributed by atoms with Gasteiger partial charge in [-0.1, -0.05) is 0 Å². The lowest BCUT2D eigenvalue weighted by Crippen LogP contribution is -2.36. The van der Waals surface area contributed by atoms with E-state index < -0.39 is 0 Å². The molecule has 1 unspecified atom stereocenters. The normalized spacial score (nSPS) is 35.2. The van der Waals surface area contributed by atoms with Crippen molar-refractivity contribution >= 4 is 5.91 Å². The van der Waals surface area contributed by atoms with E-state index >= 15 is 0 Å². The number of rotatable bonds is 2. The van der Waals surface area contributed by atoms with Gasteiger partial charge in [0.15, 0.2) is 0 Å². The predicted molar refractivity (Wildman–Crippen MR) is 64.6 cm³/mol. The third kappa shape index (κ3) is 1.97. The van der Waals surface area contributed by atoms with Crippen molar-refractivity contribution in [3.05, 3.63) is 0 Å². The molecule has 2 heterocycles. The van der Waals surface area contributed by atoms with Crippen LogP contribution in [0, 0.1) is 11.3 Å². The Balaban J connectivity index is 1.58. The molecule has 3 aliphatic rings. The van der Waals surface area contributed by atoms with Gasteiger partial charge in [-0.2, -0.15) is 0 Å². The Labute approximate surface area is 103 Å². The third-order valence-electron chi connectivity index (χ3n) is 4.88. The first kappa shape index (κ1) is 11.5. The highest BCUT2D eigenvalue weighted by molar-refractivity contribution is 5.83. The number of hydrogen-bond donors (Lipinski definition) is 1. The Morgan fingerprint density at radius 1 is 1.41 bits per heavy atom. The summed E-state index contributed by atoms with van der Waals surface area (Å²) < 4.78 is 5.32. The monoisotopic (exact) mass is 238 g/mol. The smallest absolute Gasteiger partial charge is 0.226 e. The van der Waals surface area contributed by atoms with E-state index in [0.29, 0.717) is 17.2 Å². The summed E-state index contributed by atoms with van der Waals surface area (Å²) in [4.78, 5) is 14.4. The summed E-state index contributed by atoms with van der Waals surface area (Å²) in [5, 5.41) is 3.38. The van der Waals surface area contributed by atoms with E-state index in [0.717, 1.165) is 39.0 Å². The summed E-state index contributed by atoms with van der Waals surface area (Å²) in [6.07, 6.45) is 4.77. The van der Waals surface area contributed by atoms with Crippen molar-refractivity contribution < 1.29 is 9.53 Å². The number of ether oxygens (including phenoxy) is 1. The molecule has 1 spiro atoms. The van der Waals surface area contributed by atoms with Gasteiger partial charge >= 0.3 is 0 Å². The molecular formula is C13H22N2O2. The third-order valence-corrected chi connectivity index (χ3v) is 4.88. The molecule has 1 aliphatic carbocycles. The van der Waals surface area contributed by atoms with E-state index in [-0.39, 0.29) is 6.10 Å². The minimum atomic E-state index is 0.265. The first-order valence-corrected chi connectivity index (χ1v) is 6.77. The summed E-state index contributed by atoms with van der Waals surface area (Å²) in [7, 11) is 1.74. The van der Waals surface area contributed by atoms with Crippen molar-refractivity contribution in [3.8, 4) is 0 Å². The predicted octanol–water partition coefficient (Wildman–Crippen LogP) is 0.623. The van der Waals surface area contributed by atoms with E-state index in [2.05, 4.69) is 5.32 Å². The van der Waals surface area contributed by atoms with Gasteiger partial charge in [-0.3, -0.25) is 4.79 Å². The van der Waals surface area contributed by atoms with Crippen LogP contribution in [0.1, 0.15) is 25.7 Å². The minimum Gasteiger partial charge on any atom is -0.380 e. The van der Waals surface area contributed by atoms with Crippen molar-refractivity contribution in [1.29, 1.82) is 0 Å². The number of methoxy groups -OCH3 is 1. The molecule has 4 heteroatoms. The average molecular weight is 238 g/mol. The van der Waals surface area contributed by atoms with Crippen LogP contribution in [0.3, 0.4) is 0 Å². The summed E-state index contributed by atoms with van der Waals surface area (Å²) in [5.74, 6) is 0.714. The van der Waals surface area contributed by atoms with Crippen LogP contribution in [0.2, 0.25) is 0 Å². The maximum atomic E-state index is 12.4. The number of nitrogens with one attached hydrogen (secondary N) is 1. The zero-order valence-electron chi connectivity index (χ0n) is 10.6. The van der Waals surface area contributed by atoms with Gasteiger partial charge in [-0.25, -0.2) is 0 Å². The van der Waals surface area contributed by atoms with Crippen molar-refractivity contribution in [2.24, 2.45) is 11.3 Å². The Hall–Kier alpha value is -0.610. The van der Waals surface area contributed by atoms with Crippen LogP contribution in [0.4, 0.5) is 0 Å². The highest BCUT2D eigenvalue weighted by Gasteiger charge is 2.58. The summed E-state index contributed by atoms with van der Waals surface area (Å²) in [6, 6.07) is 0. The van der Waals surface area contributed by atoms with E-state index in [1.165, 1.54) is 12.8 Å². The molecule has 1 amide bonds. The van der Waals surface area contributed by atoms with Crippen LogP contribution in [-0.4, -0.2) is 50.2 Å². The van der Waals surface area contributed by atoms with Crippen LogP contribution in [0.25, 0.3) is 0 Å². The lowest BCUT2D eigenvalue weighted by Gasteiger charge is -2.25. The minimum absolute atomic E-state index is 0.265. The van der Waals surface area contributed by atoms with E-state index in [9.17, 15) is 4.79 Å². The Morgan fingerprint density at radius 3 is 2.82 bits per heavy atom. The molecule has 4 nitrogen and oxygen atoms in total. The summed E-state index contributed by atoms with van der Waals surface area (Å²) >= 11 is 0. The average Bonchev–Trinajstić information content (AvgIpc) is 2.86. The SMILES string of the molecule is CO[C@H]1CCN(C(=O)C2CC23CCNCC3)C1. The Bertz CT molecular complexity index is 313. The van der Waals surface area contributed by atoms with E-state index in [4.69, 9.17) is 4.74 Å².